The Morgan fingerprint density at radius 1 is 1.44 bits per heavy atom. The van der Waals surface area contributed by atoms with Gasteiger partial charge in [0.15, 0.2) is 5.82 Å². The van der Waals surface area contributed by atoms with Gasteiger partial charge in [0.05, 0.1) is 13.2 Å². The molecule has 104 valence electrons. The van der Waals surface area contributed by atoms with Gasteiger partial charge in [0.2, 0.25) is 5.89 Å². The minimum Gasteiger partial charge on any atom is -0.383 e. The molecule has 0 aliphatic heterocycles. The van der Waals surface area contributed by atoms with E-state index in [0.717, 1.165) is 18.8 Å². The summed E-state index contributed by atoms with van der Waals surface area (Å²) in [6, 6.07) is 0.225. The second-order valence-corrected chi connectivity index (χ2v) is 4.65. The highest BCUT2D eigenvalue weighted by Crippen LogP contribution is 2.03. The maximum Gasteiger partial charge on any atom is 0.228 e. The molecule has 1 N–H and O–H groups in total. The molecule has 0 aliphatic carbocycles. The summed E-state index contributed by atoms with van der Waals surface area (Å²) in [5, 5.41) is 7.36. The number of nitrogens with one attached hydrogen (secondary N) is 1. The molecule has 0 bridgehead atoms. The molecule has 1 rings (SSSR count). The van der Waals surface area contributed by atoms with Crippen LogP contribution in [0.15, 0.2) is 4.52 Å². The molecule has 0 amide bonds. The monoisotopic (exact) mass is 256 g/mol. The lowest BCUT2D eigenvalue weighted by atomic mass is 10.2. The molecule has 1 aromatic rings. The topological polar surface area (TPSA) is 63.4 Å². The summed E-state index contributed by atoms with van der Waals surface area (Å²) in [6.45, 7) is 4.44. The third-order valence-corrected chi connectivity index (χ3v) is 2.44. The predicted octanol–water partition coefficient (Wildman–Crippen LogP) is 0.688. The van der Waals surface area contributed by atoms with E-state index in [0.29, 0.717) is 25.5 Å². The molecular formula is C12H24N4O2. The molecule has 6 nitrogen and oxygen atoms in total. The van der Waals surface area contributed by atoms with Crippen molar-refractivity contribution < 1.29 is 9.26 Å². The van der Waals surface area contributed by atoms with Crippen LogP contribution in [-0.4, -0.2) is 55.4 Å². The van der Waals surface area contributed by atoms with Crippen LogP contribution in [0, 0.1) is 0 Å². The van der Waals surface area contributed by atoms with Gasteiger partial charge >= 0.3 is 0 Å². The van der Waals surface area contributed by atoms with Crippen molar-refractivity contribution in [3.63, 3.8) is 0 Å². The van der Waals surface area contributed by atoms with Gasteiger partial charge in [-0.15, -0.1) is 0 Å². The zero-order valence-electron chi connectivity index (χ0n) is 11.8. The molecule has 1 aromatic heterocycles. The van der Waals surface area contributed by atoms with Crippen LogP contribution in [0.1, 0.15) is 25.1 Å². The van der Waals surface area contributed by atoms with E-state index in [1.165, 1.54) is 0 Å². The van der Waals surface area contributed by atoms with Crippen LogP contribution in [0.5, 0.6) is 0 Å². The van der Waals surface area contributed by atoms with Gasteiger partial charge < -0.3 is 19.5 Å². The number of ether oxygens (including phenoxy) is 1. The normalized spacial score (nSPS) is 13.2. The standard InChI is InChI=1S/C12H24N4O2/c1-5-6-13-10(9-17-4)7-12-14-11(15-18-12)8-16(2)3/h10,13H,5-9H2,1-4H3. The number of aromatic nitrogens is 2. The van der Waals surface area contributed by atoms with Crippen molar-refractivity contribution in [3.8, 4) is 0 Å². The van der Waals surface area contributed by atoms with Crippen molar-refractivity contribution >= 4 is 0 Å². The molecule has 0 fully saturated rings. The van der Waals surface area contributed by atoms with Gasteiger partial charge in [-0.05, 0) is 27.1 Å². The second-order valence-electron chi connectivity index (χ2n) is 4.65. The molecule has 0 spiro atoms. The Bertz CT molecular complexity index is 328. The SMILES string of the molecule is CCCNC(COC)Cc1nc(CN(C)C)no1. The summed E-state index contributed by atoms with van der Waals surface area (Å²) in [4.78, 5) is 6.38. The number of methoxy groups -OCH3 is 1. The highest BCUT2D eigenvalue weighted by Gasteiger charge is 2.14. The van der Waals surface area contributed by atoms with E-state index in [-0.39, 0.29) is 6.04 Å². The van der Waals surface area contributed by atoms with Crippen LogP contribution in [0.2, 0.25) is 0 Å². The Hall–Kier alpha value is -0.980. The number of rotatable bonds is 9. The molecule has 0 radical (unpaired) electrons. The molecule has 1 unspecified atom stereocenters. The highest BCUT2D eigenvalue weighted by atomic mass is 16.5. The van der Waals surface area contributed by atoms with Gasteiger partial charge in [-0.1, -0.05) is 12.1 Å². The van der Waals surface area contributed by atoms with Gasteiger partial charge in [-0.2, -0.15) is 4.98 Å². The van der Waals surface area contributed by atoms with E-state index in [1.807, 2.05) is 19.0 Å². The van der Waals surface area contributed by atoms with Crippen LogP contribution < -0.4 is 5.32 Å². The first-order chi connectivity index (χ1) is 8.65. The summed E-state index contributed by atoms with van der Waals surface area (Å²) in [7, 11) is 5.66. The van der Waals surface area contributed by atoms with E-state index in [1.54, 1.807) is 7.11 Å². The van der Waals surface area contributed by atoms with Crippen LogP contribution >= 0.6 is 0 Å². The van der Waals surface area contributed by atoms with Gasteiger partial charge in [-0.25, -0.2) is 0 Å². The lowest BCUT2D eigenvalue weighted by Gasteiger charge is -2.15. The van der Waals surface area contributed by atoms with Crippen LogP contribution in [0.25, 0.3) is 0 Å². The first-order valence-electron chi connectivity index (χ1n) is 6.34. The molecule has 1 heterocycles. The smallest absolute Gasteiger partial charge is 0.228 e. The van der Waals surface area contributed by atoms with E-state index in [2.05, 4.69) is 22.4 Å². The van der Waals surface area contributed by atoms with Crippen LogP contribution in [0.4, 0.5) is 0 Å². The maximum atomic E-state index is 5.24. The molecule has 6 heteroatoms. The fraction of sp³-hybridized carbons (Fsp3) is 0.833. The lowest BCUT2D eigenvalue weighted by molar-refractivity contribution is 0.161. The summed E-state index contributed by atoms with van der Waals surface area (Å²) < 4.78 is 10.4. The molecule has 0 aromatic carbocycles. The first kappa shape index (κ1) is 15.1. The number of hydrogen-bond donors (Lipinski definition) is 1. The Balaban J connectivity index is 2.49. The molecular weight excluding hydrogens is 232 g/mol. The fourth-order valence-corrected chi connectivity index (χ4v) is 1.67. The Kier molecular flexibility index (Phi) is 6.85. The van der Waals surface area contributed by atoms with Gasteiger partial charge in [0.1, 0.15) is 0 Å². The van der Waals surface area contributed by atoms with Gasteiger partial charge in [0, 0.05) is 19.6 Å². The fourth-order valence-electron chi connectivity index (χ4n) is 1.67. The Morgan fingerprint density at radius 2 is 2.22 bits per heavy atom. The third-order valence-electron chi connectivity index (χ3n) is 2.44. The van der Waals surface area contributed by atoms with E-state index in [4.69, 9.17) is 9.26 Å². The van der Waals surface area contributed by atoms with E-state index >= 15 is 0 Å². The largest absolute Gasteiger partial charge is 0.383 e. The second kappa shape index (κ2) is 8.18. The Morgan fingerprint density at radius 3 is 2.83 bits per heavy atom. The first-order valence-corrected chi connectivity index (χ1v) is 6.34. The van der Waals surface area contributed by atoms with Crippen LogP contribution in [0.3, 0.4) is 0 Å². The van der Waals surface area contributed by atoms with Crippen LogP contribution in [-0.2, 0) is 17.7 Å². The quantitative estimate of drug-likeness (QED) is 0.701. The maximum absolute atomic E-state index is 5.24. The van der Waals surface area contributed by atoms with Crippen molar-refractivity contribution in [1.82, 2.24) is 20.4 Å². The molecule has 18 heavy (non-hydrogen) atoms. The van der Waals surface area contributed by atoms with Gasteiger partial charge in [0.25, 0.3) is 0 Å². The number of nitrogens with zero attached hydrogens (tertiary/aromatic N) is 3. The summed E-state index contributed by atoms with van der Waals surface area (Å²) >= 11 is 0. The molecule has 0 saturated carbocycles. The zero-order chi connectivity index (χ0) is 13.4. The predicted molar refractivity (Wildman–Crippen MR) is 69.4 cm³/mol. The lowest BCUT2D eigenvalue weighted by Crippen LogP contribution is -2.35. The van der Waals surface area contributed by atoms with Gasteiger partial charge in [-0.3, -0.25) is 0 Å². The average Bonchev–Trinajstić information content (AvgIpc) is 2.72. The van der Waals surface area contributed by atoms with E-state index in [9.17, 15) is 0 Å². The molecule has 1 atom stereocenters. The number of hydrogen-bond acceptors (Lipinski definition) is 6. The van der Waals surface area contributed by atoms with Crippen molar-refractivity contribution in [2.45, 2.75) is 32.4 Å². The van der Waals surface area contributed by atoms with Crippen molar-refractivity contribution in [3.05, 3.63) is 11.7 Å². The molecule has 0 saturated heterocycles. The Labute approximate surface area is 109 Å². The third kappa shape index (κ3) is 5.57. The average molecular weight is 256 g/mol. The van der Waals surface area contributed by atoms with Crippen molar-refractivity contribution in [2.24, 2.45) is 0 Å². The summed E-state index contributed by atoms with van der Waals surface area (Å²) in [5.41, 5.74) is 0. The zero-order valence-corrected chi connectivity index (χ0v) is 11.8. The highest BCUT2D eigenvalue weighted by molar-refractivity contribution is 4.89. The van der Waals surface area contributed by atoms with E-state index < -0.39 is 0 Å². The minimum atomic E-state index is 0.225. The van der Waals surface area contributed by atoms with Crippen molar-refractivity contribution in [2.75, 3.05) is 34.4 Å². The minimum absolute atomic E-state index is 0.225. The van der Waals surface area contributed by atoms with Crippen molar-refractivity contribution in [1.29, 1.82) is 0 Å². The summed E-state index contributed by atoms with van der Waals surface area (Å²) in [5.74, 6) is 1.39. The molecule has 0 aliphatic rings. The summed E-state index contributed by atoms with van der Waals surface area (Å²) in [6.07, 6.45) is 1.80.